The average molecular weight is 261 g/mol. The number of ether oxygens (including phenoxy) is 1. The van der Waals surface area contributed by atoms with Gasteiger partial charge in [-0.25, -0.2) is 0 Å². The van der Waals surface area contributed by atoms with Gasteiger partial charge >= 0.3 is 0 Å². The van der Waals surface area contributed by atoms with Crippen LogP contribution in [0.5, 0.6) is 5.75 Å². The van der Waals surface area contributed by atoms with Crippen molar-refractivity contribution in [1.29, 1.82) is 0 Å². The van der Waals surface area contributed by atoms with E-state index in [0.717, 1.165) is 30.4 Å². The van der Waals surface area contributed by atoms with Crippen molar-refractivity contribution < 1.29 is 4.74 Å². The summed E-state index contributed by atoms with van der Waals surface area (Å²) in [6.07, 6.45) is 3.58. The fourth-order valence-electron chi connectivity index (χ4n) is 2.92. The first-order valence-corrected chi connectivity index (χ1v) is 7.47. The fourth-order valence-corrected chi connectivity index (χ4v) is 2.92. The molecule has 1 saturated carbocycles. The summed E-state index contributed by atoms with van der Waals surface area (Å²) in [7, 11) is 0. The molecule has 2 N–H and O–H groups in total. The normalized spacial score (nSPS) is 27.6. The van der Waals surface area contributed by atoms with Crippen LogP contribution >= 0.6 is 0 Å². The van der Waals surface area contributed by atoms with Crippen LogP contribution in [0.3, 0.4) is 0 Å². The van der Waals surface area contributed by atoms with E-state index in [1.54, 1.807) is 0 Å². The van der Waals surface area contributed by atoms with Gasteiger partial charge in [0.1, 0.15) is 11.9 Å². The lowest BCUT2D eigenvalue weighted by atomic mass is 9.78. The second-order valence-corrected chi connectivity index (χ2v) is 6.41. The largest absolute Gasteiger partial charge is 0.489 e. The summed E-state index contributed by atoms with van der Waals surface area (Å²) in [5.41, 5.74) is 8.69. The van der Waals surface area contributed by atoms with Crippen LogP contribution in [0.4, 0.5) is 0 Å². The van der Waals surface area contributed by atoms with E-state index >= 15 is 0 Å². The molecule has 19 heavy (non-hydrogen) atoms. The number of rotatable bonds is 3. The Morgan fingerprint density at radius 1 is 1.21 bits per heavy atom. The number of hydrogen-bond acceptors (Lipinski definition) is 2. The second-order valence-electron chi connectivity index (χ2n) is 6.41. The molecule has 0 bridgehead atoms. The van der Waals surface area contributed by atoms with Gasteiger partial charge in [-0.1, -0.05) is 26.0 Å². The van der Waals surface area contributed by atoms with Crippen molar-refractivity contribution in [3.05, 3.63) is 29.3 Å². The van der Waals surface area contributed by atoms with Gasteiger partial charge in [0.15, 0.2) is 0 Å². The van der Waals surface area contributed by atoms with E-state index in [1.807, 2.05) is 0 Å². The van der Waals surface area contributed by atoms with E-state index in [2.05, 4.69) is 45.9 Å². The summed E-state index contributed by atoms with van der Waals surface area (Å²) < 4.78 is 6.23. The van der Waals surface area contributed by atoms with Crippen molar-refractivity contribution in [3.63, 3.8) is 0 Å². The number of aryl methyl sites for hydroxylation is 2. The van der Waals surface area contributed by atoms with Gasteiger partial charge in [0, 0.05) is 6.04 Å². The molecule has 2 rings (SSSR count). The van der Waals surface area contributed by atoms with Crippen LogP contribution in [0, 0.1) is 25.7 Å². The van der Waals surface area contributed by atoms with Gasteiger partial charge in [-0.05, 0) is 62.1 Å². The van der Waals surface area contributed by atoms with Gasteiger partial charge in [-0.3, -0.25) is 0 Å². The monoisotopic (exact) mass is 261 g/mol. The molecule has 1 fully saturated rings. The van der Waals surface area contributed by atoms with E-state index in [1.165, 1.54) is 17.5 Å². The van der Waals surface area contributed by atoms with Gasteiger partial charge in [0.05, 0.1) is 0 Å². The molecule has 0 saturated heterocycles. The third-order valence-electron chi connectivity index (χ3n) is 4.45. The average Bonchev–Trinajstić information content (AvgIpc) is 2.36. The van der Waals surface area contributed by atoms with Crippen LogP contribution in [-0.2, 0) is 0 Å². The maximum atomic E-state index is 6.25. The highest BCUT2D eigenvalue weighted by atomic mass is 16.5. The molecular weight excluding hydrogens is 234 g/mol. The smallest absolute Gasteiger partial charge is 0.122 e. The summed E-state index contributed by atoms with van der Waals surface area (Å²) in [5, 5.41) is 0. The standard InChI is InChI=1S/C17H27NO/c1-11(2)14-7-8-15(18)17(10-14)19-16-9-12(3)5-6-13(16)4/h5-6,9,11,14-15,17H,7-8,10,18H2,1-4H3. The third kappa shape index (κ3) is 3.50. The molecule has 1 aliphatic carbocycles. The van der Waals surface area contributed by atoms with Crippen molar-refractivity contribution in [1.82, 2.24) is 0 Å². The van der Waals surface area contributed by atoms with Gasteiger partial charge in [0.25, 0.3) is 0 Å². The molecule has 1 aliphatic rings. The lowest BCUT2D eigenvalue weighted by Crippen LogP contribution is -2.44. The molecule has 3 unspecified atom stereocenters. The van der Waals surface area contributed by atoms with Gasteiger partial charge in [0.2, 0.25) is 0 Å². The van der Waals surface area contributed by atoms with Gasteiger partial charge in [-0.15, -0.1) is 0 Å². The Morgan fingerprint density at radius 2 is 1.95 bits per heavy atom. The van der Waals surface area contributed by atoms with Crippen molar-refractivity contribution in [2.45, 2.75) is 59.1 Å². The molecule has 1 aromatic carbocycles. The minimum atomic E-state index is 0.168. The minimum absolute atomic E-state index is 0.168. The molecule has 0 heterocycles. The summed E-state index contributed by atoms with van der Waals surface area (Å²) in [4.78, 5) is 0. The first-order valence-electron chi connectivity index (χ1n) is 7.47. The molecule has 0 amide bonds. The van der Waals surface area contributed by atoms with Crippen LogP contribution in [0.25, 0.3) is 0 Å². The molecule has 0 aliphatic heterocycles. The molecule has 1 aromatic rings. The molecule has 2 heteroatoms. The van der Waals surface area contributed by atoms with Gasteiger partial charge < -0.3 is 10.5 Å². The highest BCUT2D eigenvalue weighted by Crippen LogP contribution is 2.32. The summed E-state index contributed by atoms with van der Waals surface area (Å²) in [5.74, 6) is 2.47. The van der Waals surface area contributed by atoms with Crippen LogP contribution in [0.15, 0.2) is 18.2 Å². The summed E-state index contributed by atoms with van der Waals surface area (Å²) in [6, 6.07) is 6.55. The van der Waals surface area contributed by atoms with E-state index in [-0.39, 0.29) is 12.1 Å². The minimum Gasteiger partial charge on any atom is -0.489 e. The Morgan fingerprint density at radius 3 is 2.63 bits per heavy atom. The number of benzene rings is 1. The summed E-state index contributed by atoms with van der Waals surface area (Å²) >= 11 is 0. The molecule has 0 radical (unpaired) electrons. The van der Waals surface area contributed by atoms with Gasteiger partial charge in [-0.2, -0.15) is 0 Å². The van der Waals surface area contributed by atoms with E-state index in [0.29, 0.717) is 0 Å². The second kappa shape index (κ2) is 5.96. The lowest BCUT2D eigenvalue weighted by Gasteiger charge is -2.36. The Bertz CT molecular complexity index is 427. The molecule has 2 nitrogen and oxygen atoms in total. The third-order valence-corrected chi connectivity index (χ3v) is 4.45. The van der Waals surface area contributed by atoms with E-state index in [9.17, 15) is 0 Å². The first-order chi connectivity index (χ1) is 8.97. The van der Waals surface area contributed by atoms with Crippen LogP contribution in [0.2, 0.25) is 0 Å². The Balaban J connectivity index is 2.09. The Hall–Kier alpha value is -1.02. The zero-order chi connectivity index (χ0) is 14.0. The zero-order valence-electron chi connectivity index (χ0n) is 12.6. The Kier molecular flexibility index (Phi) is 4.51. The predicted octanol–water partition coefficient (Wildman–Crippen LogP) is 3.83. The number of hydrogen-bond donors (Lipinski definition) is 1. The van der Waals surface area contributed by atoms with Crippen molar-refractivity contribution in [3.8, 4) is 5.75 Å². The van der Waals surface area contributed by atoms with E-state index < -0.39 is 0 Å². The van der Waals surface area contributed by atoms with Crippen molar-refractivity contribution >= 4 is 0 Å². The van der Waals surface area contributed by atoms with E-state index in [4.69, 9.17) is 10.5 Å². The fraction of sp³-hybridized carbons (Fsp3) is 0.647. The summed E-state index contributed by atoms with van der Waals surface area (Å²) in [6.45, 7) is 8.81. The zero-order valence-corrected chi connectivity index (χ0v) is 12.6. The molecule has 106 valence electrons. The van der Waals surface area contributed by atoms with Crippen LogP contribution < -0.4 is 10.5 Å². The highest BCUT2D eigenvalue weighted by molar-refractivity contribution is 5.36. The lowest BCUT2D eigenvalue weighted by molar-refractivity contribution is 0.0861. The highest BCUT2D eigenvalue weighted by Gasteiger charge is 2.31. The maximum Gasteiger partial charge on any atom is 0.122 e. The molecule has 0 spiro atoms. The first kappa shape index (κ1) is 14.4. The maximum absolute atomic E-state index is 6.25. The molecule has 3 atom stereocenters. The van der Waals surface area contributed by atoms with Crippen molar-refractivity contribution in [2.75, 3.05) is 0 Å². The van der Waals surface area contributed by atoms with Crippen LogP contribution in [0.1, 0.15) is 44.2 Å². The SMILES string of the molecule is Cc1ccc(C)c(OC2CC(C(C)C)CCC2N)c1. The topological polar surface area (TPSA) is 35.2 Å². The molecular formula is C17H27NO. The number of nitrogens with two attached hydrogens (primary N) is 1. The van der Waals surface area contributed by atoms with Crippen LogP contribution in [-0.4, -0.2) is 12.1 Å². The molecule has 0 aromatic heterocycles. The predicted molar refractivity (Wildman–Crippen MR) is 80.5 cm³/mol. The Labute approximate surface area is 117 Å². The van der Waals surface area contributed by atoms with Crippen molar-refractivity contribution in [2.24, 2.45) is 17.6 Å². The quantitative estimate of drug-likeness (QED) is 0.897.